The fraction of sp³-hybridized carbons (Fsp3) is 0.929. The van der Waals surface area contributed by atoms with Crippen molar-refractivity contribution in [1.29, 1.82) is 0 Å². The van der Waals surface area contributed by atoms with Crippen LogP contribution in [-0.2, 0) is 4.79 Å². The molecule has 1 aliphatic heterocycles. The summed E-state index contributed by atoms with van der Waals surface area (Å²) in [6.45, 7) is 12.9. The molecule has 1 aliphatic rings. The Hall–Kier alpha value is -0.320. The third-order valence-corrected chi connectivity index (χ3v) is 3.83. The summed E-state index contributed by atoms with van der Waals surface area (Å²) in [4.78, 5) is 14.1. The molecular formula is C14H30ClN3O. The summed E-state index contributed by atoms with van der Waals surface area (Å²) in [6.07, 6.45) is 1.72. The van der Waals surface area contributed by atoms with E-state index in [1.54, 1.807) is 0 Å². The van der Waals surface area contributed by atoms with Crippen LogP contribution in [0.4, 0.5) is 0 Å². The zero-order valence-electron chi connectivity index (χ0n) is 12.6. The van der Waals surface area contributed by atoms with Gasteiger partial charge in [0.2, 0.25) is 5.91 Å². The molecule has 0 spiro atoms. The molecular weight excluding hydrogens is 262 g/mol. The molecule has 0 aromatic carbocycles. The second kappa shape index (κ2) is 10.5. The lowest BCUT2D eigenvalue weighted by atomic mass is 9.94. The van der Waals surface area contributed by atoms with Crippen LogP contribution in [-0.4, -0.2) is 50.1 Å². The average molecular weight is 292 g/mol. The number of piperazine rings is 1. The molecule has 0 aromatic heterocycles. The Labute approximate surface area is 124 Å². The molecule has 4 nitrogen and oxygen atoms in total. The Kier molecular flexibility index (Phi) is 10.3. The zero-order valence-corrected chi connectivity index (χ0v) is 13.4. The summed E-state index contributed by atoms with van der Waals surface area (Å²) in [5.41, 5.74) is 0. The van der Waals surface area contributed by atoms with E-state index in [9.17, 15) is 4.79 Å². The predicted molar refractivity (Wildman–Crippen MR) is 82.8 cm³/mol. The van der Waals surface area contributed by atoms with Crippen molar-refractivity contribution in [1.82, 2.24) is 15.5 Å². The van der Waals surface area contributed by atoms with Gasteiger partial charge in [-0.15, -0.1) is 12.4 Å². The third kappa shape index (κ3) is 8.45. The Morgan fingerprint density at radius 3 is 2.47 bits per heavy atom. The van der Waals surface area contributed by atoms with Crippen molar-refractivity contribution in [3.63, 3.8) is 0 Å². The maximum absolute atomic E-state index is 11.7. The summed E-state index contributed by atoms with van der Waals surface area (Å²) in [7, 11) is 0. The number of nitrogens with zero attached hydrogens (tertiary/aromatic N) is 1. The van der Waals surface area contributed by atoms with E-state index >= 15 is 0 Å². The molecule has 1 rings (SSSR count). The van der Waals surface area contributed by atoms with Crippen molar-refractivity contribution >= 4 is 18.3 Å². The molecule has 0 radical (unpaired) electrons. The summed E-state index contributed by atoms with van der Waals surface area (Å²) in [6, 6.07) is 0. The maximum atomic E-state index is 11.7. The van der Waals surface area contributed by atoms with Crippen molar-refractivity contribution in [3.05, 3.63) is 0 Å². The lowest BCUT2D eigenvalue weighted by molar-refractivity contribution is -0.122. The second-order valence-electron chi connectivity index (χ2n) is 5.72. The largest absolute Gasteiger partial charge is 0.356 e. The third-order valence-electron chi connectivity index (χ3n) is 3.83. The van der Waals surface area contributed by atoms with Crippen LogP contribution in [0.15, 0.2) is 0 Å². The lowest BCUT2D eigenvalue weighted by Gasteiger charge is -2.27. The first-order valence-corrected chi connectivity index (χ1v) is 7.29. The van der Waals surface area contributed by atoms with E-state index in [2.05, 4.69) is 36.3 Å². The van der Waals surface area contributed by atoms with Gasteiger partial charge in [0.25, 0.3) is 0 Å². The SMILES string of the molecule is CC(C)C(C)CC(=O)NCCCN1CCNCC1.Cl. The number of carbonyl (C=O) groups is 1. The molecule has 0 bridgehead atoms. The van der Waals surface area contributed by atoms with Crippen molar-refractivity contribution < 1.29 is 4.79 Å². The van der Waals surface area contributed by atoms with Gasteiger partial charge in [-0.2, -0.15) is 0 Å². The summed E-state index contributed by atoms with van der Waals surface area (Å²) in [5, 5.41) is 6.37. The van der Waals surface area contributed by atoms with Gasteiger partial charge in [-0.1, -0.05) is 20.8 Å². The van der Waals surface area contributed by atoms with E-state index < -0.39 is 0 Å². The monoisotopic (exact) mass is 291 g/mol. The summed E-state index contributed by atoms with van der Waals surface area (Å²) < 4.78 is 0. The number of nitrogens with one attached hydrogen (secondary N) is 2. The smallest absolute Gasteiger partial charge is 0.220 e. The van der Waals surface area contributed by atoms with Gasteiger partial charge < -0.3 is 15.5 Å². The highest BCUT2D eigenvalue weighted by atomic mass is 35.5. The van der Waals surface area contributed by atoms with Gasteiger partial charge in [0.05, 0.1) is 0 Å². The van der Waals surface area contributed by atoms with Crippen molar-refractivity contribution in [2.24, 2.45) is 11.8 Å². The van der Waals surface area contributed by atoms with Crippen molar-refractivity contribution in [2.75, 3.05) is 39.3 Å². The van der Waals surface area contributed by atoms with Crippen LogP contribution in [0.3, 0.4) is 0 Å². The van der Waals surface area contributed by atoms with Gasteiger partial charge in [-0.05, 0) is 24.8 Å². The van der Waals surface area contributed by atoms with Crippen LogP contribution < -0.4 is 10.6 Å². The molecule has 0 saturated carbocycles. The van der Waals surface area contributed by atoms with Gasteiger partial charge in [0.1, 0.15) is 0 Å². The minimum atomic E-state index is 0. The maximum Gasteiger partial charge on any atom is 0.220 e. The molecule has 1 heterocycles. The van der Waals surface area contributed by atoms with Gasteiger partial charge in [-0.3, -0.25) is 4.79 Å². The lowest BCUT2D eigenvalue weighted by Crippen LogP contribution is -2.44. The summed E-state index contributed by atoms with van der Waals surface area (Å²) >= 11 is 0. The Morgan fingerprint density at radius 2 is 1.89 bits per heavy atom. The van der Waals surface area contributed by atoms with Crippen LogP contribution in [0.1, 0.15) is 33.6 Å². The summed E-state index contributed by atoms with van der Waals surface area (Å²) in [5.74, 6) is 1.26. The van der Waals surface area contributed by atoms with E-state index in [0.29, 0.717) is 18.3 Å². The molecule has 1 fully saturated rings. The molecule has 1 atom stereocenters. The minimum Gasteiger partial charge on any atom is -0.356 e. The van der Waals surface area contributed by atoms with E-state index in [4.69, 9.17) is 0 Å². The topological polar surface area (TPSA) is 44.4 Å². The van der Waals surface area contributed by atoms with Crippen LogP contribution in [0.25, 0.3) is 0 Å². The quantitative estimate of drug-likeness (QED) is 0.699. The van der Waals surface area contributed by atoms with Crippen LogP contribution in [0, 0.1) is 11.8 Å². The fourth-order valence-electron chi connectivity index (χ4n) is 2.07. The van der Waals surface area contributed by atoms with Gasteiger partial charge in [0, 0.05) is 39.1 Å². The number of hydrogen-bond donors (Lipinski definition) is 2. The van der Waals surface area contributed by atoms with Gasteiger partial charge in [0.15, 0.2) is 0 Å². The first-order valence-electron chi connectivity index (χ1n) is 7.29. The number of amides is 1. The number of halogens is 1. The van der Waals surface area contributed by atoms with E-state index in [-0.39, 0.29) is 18.3 Å². The van der Waals surface area contributed by atoms with Gasteiger partial charge >= 0.3 is 0 Å². The molecule has 0 aliphatic carbocycles. The van der Waals surface area contributed by atoms with E-state index in [1.165, 1.54) is 0 Å². The van der Waals surface area contributed by atoms with Crippen molar-refractivity contribution in [2.45, 2.75) is 33.6 Å². The molecule has 2 N–H and O–H groups in total. The molecule has 1 saturated heterocycles. The minimum absolute atomic E-state index is 0. The van der Waals surface area contributed by atoms with Gasteiger partial charge in [-0.25, -0.2) is 0 Å². The second-order valence-corrected chi connectivity index (χ2v) is 5.72. The highest BCUT2D eigenvalue weighted by molar-refractivity contribution is 5.85. The number of rotatable bonds is 7. The normalized spacial score (nSPS) is 17.9. The van der Waals surface area contributed by atoms with E-state index in [0.717, 1.165) is 45.7 Å². The zero-order chi connectivity index (χ0) is 13.4. The van der Waals surface area contributed by atoms with Crippen LogP contribution in [0.5, 0.6) is 0 Å². The molecule has 114 valence electrons. The molecule has 1 unspecified atom stereocenters. The fourth-order valence-corrected chi connectivity index (χ4v) is 2.07. The number of hydrogen-bond acceptors (Lipinski definition) is 3. The molecule has 1 amide bonds. The standard InChI is InChI=1S/C14H29N3O.ClH/c1-12(2)13(3)11-14(18)16-5-4-8-17-9-6-15-7-10-17;/h12-13,15H,4-11H2,1-3H3,(H,16,18);1H. The van der Waals surface area contributed by atoms with Crippen molar-refractivity contribution in [3.8, 4) is 0 Å². The first kappa shape index (κ1) is 18.7. The Bertz CT molecular complexity index is 243. The predicted octanol–water partition coefficient (Wildman–Crippen LogP) is 1.50. The number of carbonyl (C=O) groups excluding carboxylic acids is 1. The Balaban J connectivity index is 0.00000324. The molecule has 0 aromatic rings. The molecule has 19 heavy (non-hydrogen) atoms. The highest BCUT2D eigenvalue weighted by Gasteiger charge is 2.12. The Morgan fingerprint density at radius 1 is 1.26 bits per heavy atom. The molecule has 5 heteroatoms. The highest BCUT2D eigenvalue weighted by Crippen LogP contribution is 2.13. The van der Waals surface area contributed by atoms with Crippen LogP contribution in [0.2, 0.25) is 0 Å². The first-order chi connectivity index (χ1) is 8.59. The van der Waals surface area contributed by atoms with E-state index in [1.807, 2.05) is 0 Å². The van der Waals surface area contributed by atoms with Crippen LogP contribution >= 0.6 is 12.4 Å². The average Bonchev–Trinajstić information content (AvgIpc) is 2.35.